The third kappa shape index (κ3) is 6.17. The van der Waals surface area contributed by atoms with Crippen LogP contribution in [-0.4, -0.2) is 71.1 Å². The van der Waals surface area contributed by atoms with E-state index in [2.05, 4.69) is 50.8 Å². The maximum atomic E-state index is 13.3. The van der Waals surface area contributed by atoms with Gasteiger partial charge in [0.25, 0.3) is 5.91 Å². The number of para-hydroxylation sites is 1. The molecule has 37 heavy (non-hydrogen) atoms. The summed E-state index contributed by atoms with van der Waals surface area (Å²) in [5.41, 5.74) is 2.50. The first kappa shape index (κ1) is 25.4. The number of benzene rings is 2. The lowest BCUT2D eigenvalue weighted by Gasteiger charge is -2.37. The predicted molar refractivity (Wildman–Crippen MR) is 139 cm³/mol. The van der Waals surface area contributed by atoms with Gasteiger partial charge in [0.2, 0.25) is 0 Å². The number of amides is 1. The second kappa shape index (κ2) is 11.4. The Morgan fingerprint density at radius 2 is 1.78 bits per heavy atom. The fourth-order valence-corrected chi connectivity index (χ4v) is 5.60. The SMILES string of the molecule is O=C(NC=NN1CCC(C(O)CN2CCC(c3c[nH]c4ccccc34)CC2)CC1)c1cc(F)cc(F)c1. The average molecular weight is 510 g/mol. The first-order valence-corrected chi connectivity index (χ1v) is 13.0. The largest absolute Gasteiger partial charge is 0.392 e. The van der Waals surface area contributed by atoms with Gasteiger partial charge >= 0.3 is 0 Å². The maximum Gasteiger partial charge on any atom is 0.256 e. The standard InChI is InChI=1S/C28H33F2N5O2/c29-22-13-21(14-23(30)15-22)28(37)32-18-33-35-11-7-20(8-12-35)27(36)17-34-9-5-19(6-10-34)25-16-31-26-4-2-1-3-24(25)26/h1-4,13-16,18-20,27,31,36H,5-12,17H2,(H,32,33,37). The Morgan fingerprint density at radius 3 is 2.51 bits per heavy atom. The van der Waals surface area contributed by atoms with E-state index in [0.29, 0.717) is 25.6 Å². The summed E-state index contributed by atoms with van der Waals surface area (Å²) in [4.78, 5) is 17.8. The second-order valence-corrected chi connectivity index (χ2v) is 10.1. The summed E-state index contributed by atoms with van der Waals surface area (Å²) < 4.78 is 26.6. The number of carbonyl (C=O) groups is 1. The first-order valence-electron chi connectivity index (χ1n) is 13.0. The van der Waals surface area contributed by atoms with Crippen molar-refractivity contribution in [2.45, 2.75) is 37.7 Å². The molecule has 2 saturated heterocycles. The maximum absolute atomic E-state index is 13.3. The van der Waals surface area contributed by atoms with Crippen LogP contribution in [0.1, 0.15) is 47.5 Å². The van der Waals surface area contributed by atoms with Gasteiger partial charge in [-0.15, -0.1) is 0 Å². The number of aliphatic hydroxyl groups excluding tert-OH is 1. The van der Waals surface area contributed by atoms with Gasteiger partial charge in [-0.25, -0.2) is 8.78 Å². The lowest BCUT2D eigenvalue weighted by molar-refractivity contribution is 0.0262. The zero-order valence-electron chi connectivity index (χ0n) is 20.7. The molecular formula is C28H33F2N5O2. The molecule has 3 N–H and O–H groups in total. The molecule has 0 radical (unpaired) electrons. The van der Waals surface area contributed by atoms with Crippen LogP contribution in [0.2, 0.25) is 0 Å². The molecule has 1 amide bonds. The van der Waals surface area contributed by atoms with Crippen molar-refractivity contribution in [3.8, 4) is 0 Å². The second-order valence-electron chi connectivity index (χ2n) is 10.1. The van der Waals surface area contributed by atoms with Gasteiger partial charge in [0.15, 0.2) is 0 Å². The Balaban J connectivity index is 1.03. The van der Waals surface area contributed by atoms with Crippen LogP contribution in [0.3, 0.4) is 0 Å². The molecule has 2 aliphatic rings. The molecule has 3 heterocycles. The molecule has 2 fully saturated rings. The van der Waals surface area contributed by atoms with Crippen LogP contribution in [0.4, 0.5) is 8.78 Å². The van der Waals surface area contributed by atoms with Crippen molar-refractivity contribution in [2.24, 2.45) is 11.0 Å². The highest BCUT2D eigenvalue weighted by Gasteiger charge is 2.29. The van der Waals surface area contributed by atoms with Crippen LogP contribution in [0, 0.1) is 17.6 Å². The van der Waals surface area contributed by atoms with E-state index in [-0.39, 0.29) is 17.6 Å². The van der Waals surface area contributed by atoms with Crippen LogP contribution < -0.4 is 5.32 Å². The Bertz CT molecular complexity index is 1230. The number of nitrogens with zero attached hydrogens (tertiary/aromatic N) is 3. The number of hydrogen-bond donors (Lipinski definition) is 3. The number of aromatic amines is 1. The molecule has 0 aliphatic carbocycles. The van der Waals surface area contributed by atoms with Gasteiger partial charge in [-0.3, -0.25) is 9.80 Å². The van der Waals surface area contributed by atoms with Crippen LogP contribution in [0.5, 0.6) is 0 Å². The highest BCUT2D eigenvalue weighted by molar-refractivity contribution is 6.00. The van der Waals surface area contributed by atoms with E-state index in [1.807, 2.05) is 5.01 Å². The molecule has 196 valence electrons. The van der Waals surface area contributed by atoms with Crippen molar-refractivity contribution >= 4 is 23.1 Å². The van der Waals surface area contributed by atoms with Gasteiger partial charge in [0.1, 0.15) is 18.0 Å². The smallest absolute Gasteiger partial charge is 0.256 e. The van der Waals surface area contributed by atoms with Crippen LogP contribution in [0.15, 0.2) is 53.8 Å². The highest BCUT2D eigenvalue weighted by Crippen LogP contribution is 2.33. The Morgan fingerprint density at radius 1 is 1.08 bits per heavy atom. The number of piperidine rings is 2. The van der Waals surface area contributed by atoms with E-state index in [1.54, 1.807) is 0 Å². The number of hydrazone groups is 1. The number of rotatable bonds is 7. The molecule has 2 aliphatic heterocycles. The molecule has 1 unspecified atom stereocenters. The number of β-amino-alcohol motifs (C(OH)–C–C–N with tert-alkyl or cyclic N) is 1. The van der Waals surface area contributed by atoms with E-state index >= 15 is 0 Å². The molecule has 7 nitrogen and oxygen atoms in total. The Hall–Kier alpha value is -3.30. The number of carbonyl (C=O) groups excluding carboxylic acids is 1. The molecule has 1 aromatic heterocycles. The number of fused-ring (bicyclic) bond motifs is 1. The van der Waals surface area contributed by atoms with Crippen LogP contribution >= 0.6 is 0 Å². The van der Waals surface area contributed by atoms with Gasteiger partial charge < -0.3 is 20.3 Å². The Kier molecular flexibility index (Phi) is 7.81. The lowest BCUT2D eigenvalue weighted by Crippen LogP contribution is -2.43. The molecule has 3 aromatic rings. The van der Waals surface area contributed by atoms with Crippen LogP contribution in [-0.2, 0) is 0 Å². The normalized spacial score (nSPS) is 19.1. The van der Waals surface area contributed by atoms with E-state index in [4.69, 9.17) is 0 Å². The summed E-state index contributed by atoms with van der Waals surface area (Å²) in [5, 5.41) is 20.8. The summed E-state index contributed by atoms with van der Waals surface area (Å²) >= 11 is 0. The number of hydrogen-bond acceptors (Lipinski definition) is 5. The minimum atomic E-state index is -0.804. The lowest BCUT2D eigenvalue weighted by atomic mass is 9.88. The minimum absolute atomic E-state index is 0.101. The van der Waals surface area contributed by atoms with Gasteiger partial charge in [-0.1, -0.05) is 18.2 Å². The molecule has 2 aromatic carbocycles. The highest BCUT2D eigenvalue weighted by atomic mass is 19.1. The number of halogens is 2. The average Bonchev–Trinajstić information content (AvgIpc) is 3.33. The van der Waals surface area contributed by atoms with Gasteiger partial charge in [0, 0.05) is 48.4 Å². The zero-order valence-corrected chi connectivity index (χ0v) is 20.7. The topological polar surface area (TPSA) is 84.0 Å². The summed E-state index contributed by atoms with van der Waals surface area (Å²) in [5.74, 6) is -1.47. The number of likely N-dealkylation sites (tertiary alicyclic amines) is 1. The van der Waals surface area contributed by atoms with Gasteiger partial charge in [-0.2, -0.15) is 5.10 Å². The number of nitrogens with one attached hydrogen (secondary N) is 2. The van der Waals surface area contributed by atoms with Crippen LogP contribution in [0.25, 0.3) is 10.9 Å². The Labute approximate surface area is 215 Å². The molecule has 5 rings (SSSR count). The summed E-state index contributed by atoms with van der Waals surface area (Å²) in [7, 11) is 0. The fraction of sp³-hybridized carbons (Fsp3) is 0.429. The van der Waals surface area contributed by atoms with E-state index in [9.17, 15) is 18.7 Å². The first-order chi connectivity index (χ1) is 18.0. The third-order valence-electron chi connectivity index (χ3n) is 7.70. The molecule has 0 saturated carbocycles. The van der Waals surface area contributed by atoms with Gasteiger partial charge in [0.05, 0.1) is 6.10 Å². The molecule has 1 atom stereocenters. The van der Waals surface area contributed by atoms with Crippen molar-refractivity contribution in [3.63, 3.8) is 0 Å². The quantitative estimate of drug-likeness (QED) is 0.331. The number of H-pyrrole nitrogens is 1. The summed E-state index contributed by atoms with van der Waals surface area (Å²) in [6.07, 6.45) is 6.84. The summed E-state index contributed by atoms with van der Waals surface area (Å²) in [6.45, 7) is 4.00. The van der Waals surface area contributed by atoms with Crippen molar-refractivity contribution in [1.82, 2.24) is 20.2 Å². The van der Waals surface area contributed by atoms with E-state index in [0.717, 1.165) is 57.0 Å². The molecule has 9 heteroatoms. The van der Waals surface area contributed by atoms with Gasteiger partial charge in [-0.05, 0) is 74.4 Å². The fourth-order valence-electron chi connectivity index (χ4n) is 5.60. The van der Waals surface area contributed by atoms with E-state index in [1.165, 1.54) is 22.8 Å². The number of aromatic nitrogens is 1. The van der Waals surface area contributed by atoms with Crippen molar-refractivity contribution in [1.29, 1.82) is 0 Å². The van der Waals surface area contributed by atoms with Crippen molar-refractivity contribution in [3.05, 3.63) is 71.4 Å². The molecular weight excluding hydrogens is 476 g/mol. The summed E-state index contributed by atoms with van der Waals surface area (Å²) in [6, 6.07) is 11.1. The predicted octanol–water partition coefficient (Wildman–Crippen LogP) is 4.07. The zero-order chi connectivity index (χ0) is 25.8. The van der Waals surface area contributed by atoms with Crippen molar-refractivity contribution < 1.29 is 18.7 Å². The molecule has 0 spiro atoms. The third-order valence-corrected chi connectivity index (χ3v) is 7.70. The minimum Gasteiger partial charge on any atom is -0.392 e. The molecule has 0 bridgehead atoms. The number of aliphatic hydroxyl groups is 1. The van der Waals surface area contributed by atoms with E-state index < -0.39 is 17.5 Å². The monoisotopic (exact) mass is 509 g/mol. The van der Waals surface area contributed by atoms with Crippen molar-refractivity contribution in [2.75, 3.05) is 32.7 Å².